The smallest absolute Gasteiger partial charge is 0.190 e. The standard InChI is InChI=1S/C4H8O2S2/c1-4(5)7-3-8(2)6/h3H2,1-2H3. The molecule has 2 nitrogen and oxygen atoms in total. The van der Waals surface area contributed by atoms with Crippen LogP contribution in [0.4, 0.5) is 0 Å². The predicted octanol–water partition coefficient (Wildman–Crippen LogP) is 0.602. The Labute approximate surface area is 56.2 Å². The molecule has 0 aromatic rings. The quantitative estimate of drug-likeness (QED) is 0.544. The van der Waals surface area contributed by atoms with E-state index in [1.54, 1.807) is 6.26 Å². The highest BCUT2D eigenvalue weighted by molar-refractivity contribution is 8.21. The van der Waals surface area contributed by atoms with Gasteiger partial charge in [-0.3, -0.25) is 4.79 Å². The normalized spacial score (nSPS) is 13.4. The maximum Gasteiger partial charge on any atom is 0.190 e. The Morgan fingerprint density at radius 1 is 1.88 bits per heavy atom. The van der Waals surface area contributed by atoms with Gasteiger partial charge in [0, 0.05) is 6.92 Å². The minimum Gasteiger partial charge on any atom is -0.616 e. The molecule has 0 spiro atoms. The minimum atomic E-state index is -0.844. The predicted molar refractivity (Wildman–Crippen MR) is 37.2 cm³/mol. The third-order valence-corrected chi connectivity index (χ3v) is 2.63. The Morgan fingerprint density at radius 3 is 2.50 bits per heavy atom. The topological polar surface area (TPSA) is 40.1 Å². The van der Waals surface area contributed by atoms with Gasteiger partial charge in [-0.25, -0.2) is 0 Å². The maximum absolute atomic E-state index is 10.3. The van der Waals surface area contributed by atoms with Gasteiger partial charge in [0.1, 0.15) is 0 Å². The summed E-state index contributed by atoms with van der Waals surface area (Å²) >= 11 is 0.256. The van der Waals surface area contributed by atoms with Crippen LogP contribution in [0.2, 0.25) is 0 Å². The van der Waals surface area contributed by atoms with Crippen LogP contribution < -0.4 is 0 Å². The second kappa shape index (κ2) is 4.23. The Hall–Kier alpha value is 0.330. The molecule has 1 unspecified atom stereocenters. The van der Waals surface area contributed by atoms with Gasteiger partial charge in [0.25, 0.3) is 0 Å². The van der Waals surface area contributed by atoms with Gasteiger partial charge in [0.2, 0.25) is 0 Å². The average molecular weight is 152 g/mol. The van der Waals surface area contributed by atoms with E-state index in [-0.39, 0.29) is 5.12 Å². The molecule has 0 N–H and O–H groups in total. The Balaban J connectivity index is 3.05. The molecule has 0 bridgehead atoms. The van der Waals surface area contributed by atoms with Crippen molar-refractivity contribution >= 4 is 28.1 Å². The lowest BCUT2D eigenvalue weighted by Crippen LogP contribution is -2.00. The lowest BCUT2D eigenvalue weighted by Gasteiger charge is -1.99. The van der Waals surface area contributed by atoms with Crippen LogP contribution in [-0.2, 0) is 16.0 Å². The fourth-order valence-electron chi connectivity index (χ4n) is 0.166. The molecule has 1 atom stereocenters. The third-order valence-electron chi connectivity index (χ3n) is 0.428. The summed E-state index contributed by atoms with van der Waals surface area (Å²) in [6, 6.07) is 0. The summed E-state index contributed by atoms with van der Waals surface area (Å²) < 4.78 is 10.3. The largest absolute Gasteiger partial charge is 0.616 e. The summed E-state index contributed by atoms with van der Waals surface area (Å²) in [6.07, 6.45) is 1.58. The Morgan fingerprint density at radius 2 is 2.38 bits per heavy atom. The van der Waals surface area contributed by atoms with Crippen molar-refractivity contribution in [3.05, 3.63) is 0 Å². The van der Waals surface area contributed by atoms with Gasteiger partial charge < -0.3 is 4.55 Å². The second-order valence-corrected chi connectivity index (χ2v) is 4.28. The fraction of sp³-hybridized carbons (Fsp3) is 0.750. The first-order chi connectivity index (χ1) is 3.63. The molecular formula is C4H8O2S2. The summed E-state index contributed by atoms with van der Waals surface area (Å²) in [6.45, 7) is 1.47. The molecule has 0 aliphatic rings. The van der Waals surface area contributed by atoms with Gasteiger partial charge in [0.15, 0.2) is 10.2 Å². The summed E-state index contributed by atoms with van der Waals surface area (Å²) in [5.74, 6) is 0. The average Bonchev–Trinajstić information content (AvgIpc) is 1.61. The number of carbonyl (C=O) groups excluding carboxylic acids is 1. The van der Waals surface area contributed by atoms with E-state index in [9.17, 15) is 9.35 Å². The lowest BCUT2D eigenvalue weighted by atomic mass is 10.9. The van der Waals surface area contributed by atoms with Gasteiger partial charge in [0.05, 0.1) is 6.26 Å². The zero-order valence-corrected chi connectivity index (χ0v) is 6.47. The molecular weight excluding hydrogens is 144 g/mol. The second-order valence-electron chi connectivity index (χ2n) is 1.33. The summed E-state index contributed by atoms with van der Waals surface area (Å²) in [5, 5.41) is 0.454. The van der Waals surface area contributed by atoms with E-state index in [1.807, 2.05) is 0 Å². The highest BCUT2D eigenvalue weighted by Gasteiger charge is 1.99. The van der Waals surface area contributed by atoms with Gasteiger partial charge in [-0.1, -0.05) is 0 Å². The van der Waals surface area contributed by atoms with Crippen molar-refractivity contribution in [2.45, 2.75) is 6.92 Å². The van der Waals surface area contributed by atoms with Gasteiger partial charge in [-0.05, 0) is 22.9 Å². The Kier molecular flexibility index (Phi) is 4.41. The van der Waals surface area contributed by atoms with E-state index in [2.05, 4.69) is 0 Å². The monoisotopic (exact) mass is 152 g/mol. The summed E-state index contributed by atoms with van der Waals surface area (Å²) in [7, 11) is 0. The molecule has 4 heteroatoms. The highest BCUT2D eigenvalue weighted by atomic mass is 32.3. The van der Waals surface area contributed by atoms with Crippen LogP contribution in [0.15, 0.2) is 0 Å². The number of carbonyl (C=O) groups is 1. The zero-order chi connectivity index (χ0) is 6.57. The molecule has 0 aromatic heterocycles. The molecule has 0 aromatic carbocycles. The zero-order valence-electron chi connectivity index (χ0n) is 4.84. The van der Waals surface area contributed by atoms with Crippen molar-refractivity contribution in [1.29, 1.82) is 0 Å². The minimum absolute atomic E-state index is 0.0280. The van der Waals surface area contributed by atoms with E-state index >= 15 is 0 Å². The van der Waals surface area contributed by atoms with Crippen LogP contribution in [0.3, 0.4) is 0 Å². The molecule has 0 radical (unpaired) electrons. The molecule has 0 heterocycles. The van der Waals surface area contributed by atoms with E-state index in [1.165, 1.54) is 6.92 Å². The highest BCUT2D eigenvalue weighted by Crippen LogP contribution is 2.03. The molecule has 0 amide bonds. The van der Waals surface area contributed by atoms with Crippen molar-refractivity contribution in [3.63, 3.8) is 0 Å². The summed E-state index contributed by atoms with van der Waals surface area (Å²) in [4.78, 5) is 10.2. The molecule has 0 aliphatic carbocycles. The molecule has 0 aliphatic heterocycles. The van der Waals surface area contributed by atoms with Crippen LogP contribution in [0, 0.1) is 0 Å². The lowest BCUT2D eigenvalue weighted by molar-refractivity contribution is -0.109. The van der Waals surface area contributed by atoms with E-state index in [4.69, 9.17) is 0 Å². The van der Waals surface area contributed by atoms with E-state index in [0.717, 1.165) is 11.8 Å². The third kappa shape index (κ3) is 6.33. The molecule has 0 saturated heterocycles. The van der Waals surface area contributed by atoms with Crippen LogP contribution >= 0.6 is 11.8 Å². The van der Waals surface area contributed by atoms with Crippen LogP contribution in [0.25, 0.3) is 0 Å². The maximum atomic E-state index is 10.3. The molecule has 0 fully saturated rings. The van der Waals surface area contributed by atoms with Gasteiger partial charge >= 0.3 is 0 Å². The van der Waals surface area contributed by atoms with Crippen molar-refractivity contribution in [1.82, 2.24) is 0 Å². The van der Waals surface area contributed by atoms with E-state index < -0.39 is 11.2 Å². The number of hydrogen-bond donors (Lipinski definition) is 0. The number of thioether (sulfide) groups is 1. The van der Waals surface area contributed by atoms with Gasteiger partial charge in [-0.2, -0.15) is 0 Å². The number of rotatable bonds is 2. The SMILES string of the molecule is CC(=O)SC[S+](C)[O-]. The van der Waals surface area contributed by atoms with Crippen LogP contribution in [0.1, 0.15) is 6.92 Å². The van der Waals surface area contributed by atoms with Crippen LogP contribution in [0.5, 0.6) is 0 Å². The fourth-order valence-corrected chi connectivity index (χ4v) is 1.49. The molecule has 8 heavy (non-hydrogen) atoms. The van der Waals surface area contributed by atoms with Crippen LogP contribution in [-0.4, -0.2) is 21.0 Å². The van der Waals surface area contributed by atoms with Crippen molar-refractivity contribution in [2.24, 2.45) is 0 Å². The summed E-state index contributed by atoms with van der Waals surface area (Å²) in [5.41, 5.74) is 0. The first kappa shape index (κ1) is 8.33. The molecule has 0 rings (SSSR count). The van der Waals surface area contributed by atoms with Crippen molar-refractivity contribution < 1.29 is 9.35 Å². The van der Waals surface area contributed by atoms with E-state index in [0.29, 0.717) is 5.08 Å². The Bertz CT molecular complexity index is 82.1. The van der Waals surface area contributed by atoms with Crippen molar-refractivity contribution in [2.75, 3.05) is 11.3 Å². The van der Waals surface area contributed by atoms with Crippen molar-refractivity contribution in [3.8, 4) is 0 Å². The molecule has 0 saturated carbocycles. The van der Waals surface area contributed by atoms with Gasteiger partial charge in [-0.15, -0.1) is 0 Å². The first-order valence-electron chi connectivity index (χ1n) is 2.06. The number of hydrogen-bond acceptors (Lipinski definition) is 3. The first-order valence-corrected chi connectivity index (χ1v) is 4.77. The molecule has 48 valence electrons.